The first-order chi connectivity index (χ1) is 8.84. The van der Waals surface area contributed by atoms with E-state index in [2.05, 4.69) is 0 Å². The Bertz CT molecular complexity index is 408. The molecule has 0 radical (unpaired) electrons. The lowest BCUT2D eigenvalue weighted by molar-refractivity contribution is -0.117. The predicted molar refractivity (Wildman–Crippen MR) is 73.5 cm³/mol. The predicted octanol–water partition coefficient (Wildman–Crippen LogP) is 3.62. The summed E-state index contributed by atoms with van der Waals surface area (Å²) in [5, 5.41) is 0. The molecule has 0 bridgehead atoms. The molecule has 96 valence electrons. The summed E-state index contributed by atoms with van der Waals surface area (Å²) in [6.45, 7) is 0.938. The van der Waals surface area contributed by atoms with Gasteiger partial charge in [0.25, 0.3) is 0 Å². The van der Waals surface area contributed by atoms with E-state index in [9.17, 15) is 4.79 Å². The van der Waals surface area contributed by atoms with Crippen LogP contribution in [0.5, 0.6) is 0 Å². The number of benzene rings is 1. The van der Waals surface area contributed by atoms with Gasteiger partial charge in [0.15, 0.2) is 0 Å². The second-order valence-corrected chi connectivity index (χ2v) is 5.70. The van der Waals surface area contributed by atoms with Gasteiger partial charge in [-0.15, -0.1) is 0 Å². The van der Waals surface area contributed by atoms with Gasteiger partial charge in [-0.3, -0.25) is 4.79 Å². The van der Waals surface area contributed by atoms with Crippen LogP contribution in [0.25, 0.3) is 0 Å². The first-order valence-electron chi connectivity index (χ1n) is 7.20. The topological polar surface area (TPSA) is 20.3 Å². The van der Waals surface area contributed by atoms with Crippen LogP contribution in [0.3, 0.4) is 0 Å². The average Bonchev–Trinajstić information content (AvgIpc) is 2.83. The van der Waals surface area contributed by atoms with Crippen LogP contribution in [0.15, 0.2) is 30.3 Å². The van der Waals surface area contributed by atoms with E-state index >= 15 is 0 Å². The molecule has 1 aromatic rings. The van der Waals surface area contributed by atoms with Gasteiger partial charge in [0.05, 0.1) is 0 Å². The zero-order chi connectivity index (χ0) is 12.4. The van der Waals surface area contributed by atoms with E-state index in [4.69, 9.17) is 0 Å². The molecule has 0 spiro atoms. The van der Waals surface area contributed by atoms with Gasteiger partial charge in [0, 0.05) is 18.7 Å². The number of hydrogen-bond donors (Lipinski definition) is 0. The van der Waals surface area contributed by atoms with Gasteiger partial charge in [-0.1, -0.05) is 50.3 Å². The molecule has 1 aliphatic carbocycles. The Morgan fingerprint density at radius 2 is 1.67 bits per heavy atom. The molecule has 1 aromatic carbocycles. The van der Waals surface area contributed by atoms with Crippen LogP contribution in [-0.4, -0.2) is 12.5 Å². The van der Waals surface area contributed by atoms with E-state index in [-0.39, 0.29) is 0 Å². The number of carbonyl (C=O) groups excluding carboxylic acids is 1. The summed E-state index contributed by atoms with van der Waals surface area (Å²) in [5.74, 6) is 1.70. The molecule has 1 atom stereocenters. The van der Waals surface area contributed by atoms with Gasteiger partial charge < -0.3 is 4.90 Å². The maximum Gasteiger partial charge on any atom is 0.227 e. The first kappa shape index (κ1) is 11.8. The number of para-hydroxylation sites is 1. The Hall–Kier alpha value is -1.31. The molecule has 2 nitrogen and oxygen atoms in total. The molecule has 2 heteroatoms. The minimum Gasteiger partial charge on any atom is -0.312 e. The lowest BCUT2D eigenvalue weighted by Gasteiger charge is -2.27. The zero-order valence-corrected chi connectivity index (χ0v) is 10.8. The summed E-state index contributed by atoms with van der Waals surface area (Å²) in [5.41, 5.74) is 1.07. The van der Waals surface area contributed by atoms with Crippen molar-refractivity contribution < 1.29 is 4.79 Å². The standard InChI is InChI=1S/C16H21NO/c18-16-11-14(13-7-3-1-4-8-13)12-17(16)15-9-5-2-6-10-15/h2,5-6,9-10,13-14H,1,3-4,7-8,11-12H2. The van der Waals surface area contributed by atoms with Gasteiger partial charge in [0.2, 0.25) is 5.91 Å². The van der Waals surface area contributed by atoms with Gasteiger partial charge >= 0.3 is 0 Å². The molecule has 0 N–H and O–H groups in total. The third kappa shape index (κ3) is 2.29. The van der Waals surface area contributed by atoms with Crippen LogP contribution < -0.4 is 4.90 Å². The van der Waals surface area contributed by atoms with Crippen molar-refractivity contribution in [2.75, 3.05) is 11.4 Å². The Balaban J connectivity index is 1.70. The molecular formula is C16H21NO. The zero-order valence-electron chi connectivity index (χ0n) is 10.8. The van der Waals surface area contributed by atoms with Crippen LogP contribution in [0.1, 0.15) is 38.5 Å². The minimum absolute atomic E-state index is 0.316. The number of rotatable bonds is 2. The largest absolute Gasteiger partial charge is 0.312 e. The highest BCUT2D eigenvalue weighted by atomic mass is 16.2. The molecule has 2 fully saturated rings. The molecule has 1 aliphatic heterocycles. The molecule has 1 saturated heterocycles. The van der Waals surface area contributed by atoms with Gasteiger partial charge in [0.1, 0.15) is 0 Å². The molecular weight excluding hydrogens is 222 g/mol. The molecule has 1 saturated carbocycles. The molecule has 0 aromatic heterocycles. The monoisotopic (exact) mass is 243 g/mol. The second kappa shape index (κ2) is 5.13. The van der Waals surface area contributed by atoms with Gasteiger partial charge in [-0.25, -0.2) is 0 Å². The maximum atomic E-state index is 12.2. The number of nitrogens with zero attached hydrogens (tertiary/aromatic N) is 1. The molecule has 1 amide bonds. The van der Waals surface area contributed by atoms with Gasteiger partial charge in [-0.2, -0.15) is 0 Å². The number of hydrogen-bond acceptors (Lipinski definition) is 1. The fraction of sp³-hybridized carbons (Fsp3) is 0.562. The fourth-order valence-corrected chi connectivity index (χ4v) is 3.51. The molecule has 2 aliphatic rings. The number of carbonyl (C=O) groups is 1. The van der Waals surface area contributed by atoms with Crippen molar-refractivity contribution in [3.63, 3.8) is 0 Å². The van der Waals surface area contributed by atoms with E-state index in [0.29, 0.717) is 11.8 Å². The highest BCUT2D eigenvalue weighted by molar-refractivity contribution is 5.95. The lowest BCUT2D eigenvalue weighted by Crippen LogP contribution is -2.26. The molecule has 1 heterocycles. The Labute approximate surface area is 109 Å². The van der Waals surface area contributed by atoms with Crippen molar-refractivity contribution in [3.8, 4) is 0 Å². The third-order valence-corrected chi connectivity index (χ3v) is 4.54. The summed E-state index contributed by atoms with van der Waals surface area (Å²) in [6.07, 6.45) is 7.54. The summed E-state index contributed by atoms with van der Waals surface area (Å²) in [6, 6.07) is 10.1. The normalized spacial score (nSPS) is 25.7. The van der Waals surface area contributed by atoms with Crippen molar-refractivity contribution >= 4 is 11.6 Å². The van der Waals surface area contributed by atoms with Crippen LogP contribution in [-0.2, 0) is 4.79 Å². The average molecular weight is 243 g/mol. The SMILES string of the molecule is O=C1CC(C2CCCCC2)CN1c1ccccc1. The Kier molecular flexibility index (Phi) is 3.35. The summed E-state index contributed by atoms with van der Waals surface area (Å²) >= 11 is 0. The molecule has 18 heavy (non-hydrogen) atoms. The minimum atomic E-state index is 0.316. The van der Waals surface area contributed by atoms with E-state index in [1.54, 1.807) is 0 Å². The number of anilines is 1. The van der Waals surface area contributed by atoms with E-state index in [1.165, 1.54) is 32.1 Å². The molecule has 3 rings (SSSR count). The van der Waals surface area contributed by atoms with Crippen molar-refractivity contribution in [1.29, 1.82) is 0 Å². The van der Waals surface area contributed by atoms with E-state index in [0.717, 1.165) is 24.6 Å². The van der Waals surface area contributed by atoms with Crippen molar-refractivity contribution in [1.82, 2.24) is 0 Å². The van der Waals surface area contributed by atoms with Crippen LogP contribution in [0.4, 0.5) is 5.69 Å². The third-order valence-electron chi connectivity index (χ3n) is 4.54. The maximum absolute atomic E-state index is 12.2. The van der Waals surface area contributed by atoms with E-state index in [1.807, 2.05) is 35.2 Å². The number of amides is 1. The van der Waals surface area contributed by atoms with Crippen molar-refractivity contribution in [2.24, 2.45) is 11.8 Å². The summed E-state index contributed by atoms with van der Waals surface area (Å²) < 4.78 is 0. The van der Waals surface area contributed by atoms with Crippen molar-refractivity contribution in [2.45, 2.75) is 38.5 Å². The fourth-order valence-electron chi connectivity index (χ4n) is 3.51. The first-order valence-corrected chi connectivity index (χ1v) is 7.20. The van der Waals surface area contributed by atoms with E-state index < -0.39 is 0 Å². The Morgan fingerprint density at radius 3 is 2.39 bits per heavy atom. The quantitative estimate of drug-likeness (QED) is 0.777. The van der Waals surface area contributed by atoms with Crippen LogP contribution in [0.2, 0.25) is 0 Å². The lowest BCUT2D eigenvalue weighted by atomic mass is 9.79. The van der Waals surface area contributed by atoms with Crippen molar-refractivity contribution in [3.05, 3.63) is 30.3 Å². The van der Waals surface area contributed by atoms with Gasteiger partial charge in [-0.05, 0) is 24.0 Å². The Morgan fingerprint density at radius 1 is 0.944 bits per heavy atom. The highest BCUT2D eigenvalue weighted by Gasteiger charge is 2.35. The van der Waals surface area contributed by atoms with Crippen LogP contribution >= 0.6 is 0 Å². The summed E-state index contributed by atoms with van der Waals surface area (Å²) in [7, 11) is 0. The summed E-state index contributed by atoms with van der Waals surface area (Å²) in [4.78, 5) is 14.1. The molecule has 1 unspecified atom stereocenters. The second-order valence-electron chi connectivity index (χ2n) is 5.70. The smallest absolute Gasteiger partial charge is 0.227 e. The van der Waals surface area contributed by atoms with Crippen LogP contribution in [0, 0.1) is 11.8 Å². The highest BCUT2D eigenvalue weighted by Crippen LogP contribution is 2.36.